The molecule has 0 saturated heterocycles. The lowest BCUT2D eigenvalue weighted by atomic mass is 10.2. The van der Waals surface area contributed by atoms with E-state index in [0.29, 0.717) is 6.61 Å². The van der Waals surface area contributed by atoms with Crippen LogP contribution in [-0.4, -0.2) is 11.2 Å². The minimum Gasteiger partial charge on any atom is -0.388 e. The Kier molecular flexibility index (Phi) is 3.69. The Morgan fingerprint density at radius 1 is 1.15 bits per heavy atom. The van der Waals surface area contributed by atoms with Crippen molar-refractivity contribution in [2.45, 2.75) is 6.61 Å². The Labute approximate surface area is 119 Å². The van der Waals surface area contributed by atoms with Gasteiger partial charge in [0.2, 0.25) is 0 Å². The molecule has 0 saturated carbocycles. The molecule has 0 fully saturated rings. The summed E-state index contributed by atoms with van der Waals surface area (Å²) < 4.78 is 13.8. The molecule has 0 spiro atoms. The van der Waals surface area contributed by atoms with Crippen LogP contribution in [0.2, 0.25) is 0 Å². The van der Waals surface area contributed by atoms with Crippen LogP contribution < -0.4 is 0 Å². The second kappa shape index (κ2) is 5.79. The van der Waals surface area contributed by atoms with Crippen LogP contribution >= 0.6 is 11.3 Å². The van der Waals surface area contributed by atoms with E-state index in [4.69, 9.17) is 4.84 Å². The molecular weight excluding hydrogens is 275 g/mol. The number of nitrogens with zero attached hydrogens (tertiary/aromatic N) is 2. The number of hydrogen-bond acceptors (Lipinski definition) is 4. The first-order valence-electron chi connectivity index (χ1n) is 6.06. The van der Waals surface area contributed by atoms with Crippen LogP contribution in [0.4, 0.5) is 4.39 Å². The Bertz CT molecular complexity index is 704. The fourth-order valence-corrected chi connectivity index (χ4v) is 2.60. The molecule has 0 N–H and O–H groups in total. The van der Waals surface area contributed by atoms with Gasteiger partial charge in [0.1, 0.15) is 10.8 Å². The number of benzene rings is 2. The molecule has 0 amide bonds. The summed E-state index contributed by atoms with van der Waals surface area (Å²) in [6.45, 7) is 0.330. The Balaban J connectivity index is 1.60. The number of rotatable bonds is 4. The second-order valence-electron chi connectivity index (χ2n) is 4.13. The van der Waals surface area contributed by atoms with E-state index in [1.54, 1.807) is 29.7 Å². The van der Waals surface area contributed by atoms with Gasteiger partial charge in [0.15, 0.2) is 6.61 Å². The number of halogens is 1. The van der Waals surface area contributed by atoms with E-state index in [-0.39, 0.29) is 5.82 Å². The molecule has 0 radical (unpaired) electrons. The average molecular weight is 286 g/mol. The summed E-state index contributed by atoms with van der Waals surface area (Å²) in [5, 5.41) is 4.73. The summed E-state index contributed by atoms with van der Waals surface area (Å²) >= 11 is 1.59. The van der Waals surface area contributed by atoms with Crippen molar-refractivity contribution < 1.29 is 9.23 Å². The van der Waals surface area contributed by atoms with Crippen molar-refractivity contribution >= 4 is 27.8 Å². The molecule has 0 atom stereocenters. The van der Waals surface area contributed by atoms with Crippen LogP contribution in [0.15, 0.2) is 53.7 Å². The standard InChI is InChI=1S/C15H11FN2OS/c16-12-7-5-11(6-8-12)9-17-19-10-15-18-13-3-1-2-4-14(13)20-15/h1-9H,10H2/b17-9-. The predicted octanol–water partition coefficient (Wildman–Crippen LogP) is 3.99. The van der Waals surface area contributed by atoms with E-state index >= 15 is 0 Å². The van der Waals surface area contributed by atoms with Gasteiger partial charge >= 0.3 is 0 Å². The number of hydrogen-bond donors (Lipinski definition) is 0. The summed E-state index contributed by atoms with van der Waals surface area (Å²) in [7, 11) is 0. The quantitative estimate of drug-likeness (QED) is 0.537. The monoisotopic (exact) mass is 286 g/mol. The molecule has 0 aliphatic carbocycles. The molecule has 1 aromatic heterocycles. The summed E-state index contributed by atoms with van der Waals surface area (Å²) in [4.78, 5) is 9.65. The van der Waals surface area contributed by atoms with Crippen molar-refractivity contribution in [1.82, 2.24) is 4.98 Å². The van der Waals surface area contributed by atoms with Gasteiger partial charge in [0.25, 0.3) is 0 Å². The number of fused-ring (bicyclic) bond motifs is 1. The molecule has 0 aliphatic rings. The van der Waals surface area contributed by atoms with Gasteiger partial charge in [-0.2, -0.15) is 0 Å². The van der Waals surface area contributed by atoms with E-state index in [2.05, 4.69) is 10.1 Å². The van der Waals surface area contributed by atoms with Gasteiger partial charge in [-0.25, -0.2) is 9.37 Å². The van der Waals surface area contributed by atoms with Crippen molar-refractivity contribution in [2.75, 3.05) is 0 Å². The average Bonchev–Trinajstić information content (AvgIpc) is 2.88. The molecular formula is C15H11FN2OS. The maximum absolute atomic E-state index is 12.7. The van der Waals surface area contributed by atoms with E-state index in [1.165, 1.54) is 12.1 Å². The number of thiazole rings is 1. The van der Waals surface area contributed by atoms with Gasteiger partial charge in [0, 0.05) is 0 Å². The zero-order chi connectivity index (χ0) is 13.8. The van der Waals surface area contributed by atoms with Crippen molar-refractivity contribution in [3.63, 3.8) is 0 Å². The van der Waals surface area contributed by atoms with E-state index in [9.17, 15) is 4.39 Å². The number of aromatic nitrogens is 1. The molecule has 3 aromatic rings. The molecule has 20 heavy (non-hydrogen) atoms. The normalized spacial score (nSPS) is 11.2. The minimum atomic E-state index is -0.266. The second-order valence-corrected chi connectivity index (χ2v) is 5.25. The zero-order valence-electron chi connectivity index (χ0n) is 10.5. The van der Waals surface area contributed by atoms with E-state index in [1.807, 2.05) is 24.3 Å². The number of para-hydroxylation sites is 1. The molecule has 3 nitrogen and oxygen atoms in total. The highest BCUT2D eigenvalue weighted by Crippen LogP contribution is 2.21. The molecule has 3 rings (SSSR count). The highest BCUT2D eigenvalue weighted by Gasteiger charge is 2.02. The number of oxime groups is 1. The summed E-state index contributed by atoms with van der Waals surface area (Å²) in [5.41, 5.74) is 1.76. The lowest BCUT2D eigenvalue weighted by Crippen LogP contribution is -1.87. The molecule has 0 bridgehead atoms. The fraction of sp³-hybridized carbons (Fsp3) is 0.0667. The van der Waals surface area contributed by atoms with Crippen LogP contribution in [0.25, 0.3) is 10.2 Å². The third kappa shape index (κ3) is 3.00. The first-order chi connectivity index (χ1) is 9.81. The first kappa shape index (κ1) is 12.7. The molecule has 100 valence electrons. The van der Waals surface area contributed by atoms with Crippen molar-refractivity contribution in [3.05, 3.63) is 64.9 Å². The SMILES string of the molecule is Fc1ccc(/C=N\OCc2nc3ccccc3s2)cc1. The van der Waals surface area contributed by atoms with Crippen LogP contribution in [0.5, 0.6) is 0 Å². The Morgan fingerprint density at radius 2 is 1.95 bits per heavy atom. The summed E-state index contributed by atoms with van der Waals surface area (Å²) in [6, 6.07) is 14.0. The topological polar surface area (TPSA) is 34.5 Å². The molecule has 5 heteroatoms. The van der Waals surface area contributed by atoms with E-state index in [0.717, 1.165) is 20.8 Å². The van der Waals surface area contributed by atoms with E-state index < -0.39 is 0 Å². The summed E-state index contributed by atoms with van der Waals surface area (Å²) in [6.07, 6.45) is 1.55. The maximum atomic E-state index is 12.7. The third-order valence-corrected chi connectivity index (χ3v) is 3.68. The Hall–Kier alpha value is -2.27. The van der Waals surface area contributed by atoms with Crippen LogP contribution in [0.3, 0.4) is 0 Å². The summed E-state index contributed by atoms with van der Waals surface area (Å²) in [5.74, 6) is -0.266. The van der Waals surface area contributed by atoms with Crippen LogP contribution in [-0.2, 0) is 11.4 Å². The van der Waals surface area contributed by atoms with Gasteiger partial charge in [0.05, 0.1) is 16.4 Å². The highest BCUT2D eigenvalue weighted by atomic mass is 32.1. The first-order valence-corrected chi connectivity index (χ1v) is 6.88. The lowest BCUT2D eigenvalue weighted by Gasteiger charge is -1.95. The van der Waals surface area contributed by atoms with Gasteiger partial charge in [-0.1, -0.05) is 29.4 Å². The van der Waals surface area contributed by atoms with Gasteiger partial charge < -0.3 is 4.84 Å². The molecule has 2 aromatic carbocycles. The van der Waals surface area contributed by atoms with Crippen LogP contribution in [0.1, 0.15) is 10.6 Å². The molecule has 0 aliphatic heterocycles. The smallest absolute Gasteiger partial charge is 0.168 e. The van der Waals surface area contributed by atoms with Crippen LogP contribution in [0, 0.1) is 5.82 Å². The largest absolute Gasteiger partial charge is 0.388 e. The fourth-order valence-electron chi connectivity index (χ4n) is 1.72. The highest BCUT2D eigenvalue weighted by molar-refractivity contribution is 7.18. The maximum Gasteiger partial charge on any atom is 0.168 e. The van der Waals surface area contributed by atoms with Crippen molar-refractivity contribution in [2.24, 2.45) is 5.16 Å². The van der Waals surface area contributed by atoms with Gasteiger partial charge in [-0.05, 0) is 29.8 Å². The van der Waals surface area contributed by atoms with Gasteiger partial charge in [-0.3, -0.25) is 0 Å². The predicted molar refractivity (Wildman–Crippen MR) is 78.4 cm³/mol. The van der Waals surface area contributed by atoms with Crippen molar-refractivity contribution in [1.29, 1.82) is 0 Å². The zero-order valence-corrected chi connectivity index (χ0v) is 11.3. The van der Waals surface area contributed by atoms with Crippen molar-refractivity contribution in [3.8, 4) is 0 Å². The minimum absolute atomic E-state index is 0.266. The van der Waals surface area contributed by atoms with Gasteiger partial charge in [-0.15, -0.1) is 11.3 Å². The molecule has 1 heterocycles. The lowest BCUT2D eigenvalue weighted by molar-refractivity contribution is 0.132. The Morgan fingerprint density at radius 3 is 2.75 bits per heavy atom. The third-order valence-electron chi connectivity index (χ3n) is 2.67. The molecule has 0 unspecified atom stereocenters.